The van der Waals surface area contributed by atoms with Crippen molar-refractivity contribution in [1.82, 2.24) is 26.2 Å². The number of hydrogen-bond acceptors (Lipinski definition) is 13. The van der Waals surface area contributed by atoms with Crippen LogP contribution in [0.2, 0.25) is 0 Å². The second-order valence-electron chi connectivity index (χ2n) is 13.6. The van der Waals surface area contributed by atoms with E-state index in [4.69, 9.17) is 34.2 Å². The zero-order valence-corrected chi connectivity index (χ0v) is 36.1. The second kappa shape index (κ2) is 31.6. The van der Waals surface area contributed by atoms with Crippen molar-refractivity contribution in [3.05, 3.63) is 35.4 Å². The van der Waals surface area contributed by atoms with Crippen LogP contribution >= 0.6 is 22.6 Å². The van der Waals surface area contributed by atoms with Gasteiger partial charge in [-0.2, -0.15) is 0 Å². The fourth-order valence-corrected chi connectivity index (χ4v) is 5.86. The third kappa shape index (κ3) is 22.7. The van der Waals surface area contributed by atoms with Crippen molar-refractivity contribution in [2.75, 3.05) is 110 Å². The predicted molar refractivity (Wildman–Crippen MR) is 222 cm³/mol. The molecule has 1 aliphatic heterocycles. The van der Waals surface area contributed by atoms with Crippen LogP contribution in [0.4, 0.5) is 0 Å². The van der Waals surface area contributed by atoms with Gasteiger partial charge in [0.25, 0.3) is 0 Å². The molecule has 1 aliphatic rings. The van der Waals surface area contributed by atoms with Crippen LogP contribution in [0.1, 0.15) is 44.2 Å². The van der Waals surface area contributed by atoms with Crippen molar-refractivity contribution in [2.45, 2.75) is 58.2 Å². The molecule has 0 spiro atoms. The van der Waals surface area contributed by atoms with Gasteiger partial charge in [0.1, 0.15) is 19.8 Å². The molecular formula is C39H63IN6O12. The molecule has 6 N–H and O–H groups in total. The highest BCUT2D eigenvalue weighted by Crippen LogP contribution is 2.26. The Morgan fingerprint density at radius 3 is 1.59 bits per heavy atom. The molecule has 328 valence electrons. The van der Waals surface area contributed by atoms with Crippen LogP contribution in [0, 0.1) is 5.92 Å². The van der Waals surface area contributed by atoms with Crippen molar-refractivity contribution >= 4 is 57.9 Å². The fraction of sp³-hybridized carbons (Fsp3) is 0.692. The molecule has 19 heteroatoms. The molecule has 1 heterocycles. The van der Waals surface area contributed by atoms with E-state index >= 15 is 0 Å². The molecule has 0 saturated heterocycles. The zero-order chi connectivity index (χ0) is 42.4. The summed E-state index contributed by atoms with van der Waals surface area (Å²) in [6.07, 6.45) is 2.21. The van der Waals surface area contributed by atoms with E-state index in [2.05, 4.69) is 21.3 Å². The number of amides is 5. The van der Waals surface area contributed by atoms with Gasteiger partial charge in [-0.1, -0.05) is 60.7 Å². The summed E-state index contributed by atoms with van der Waals surface area (Å²) in [5.74, 6) is -1.28. The molecule has 5 amide bonds. The lowest BCUT2D eigenvalue weighted by atomic mass is 9.87. The average molecular weight is 935 g/mol. The number of carbonyl (C=O) groups excluding carboxylic acids is 6. The first kappa shape index (κ1) is 50.8. The molecule has 58 heavy (non-hydrogen) atoms. The van der Waals surface area contributed by atoms with Crippen molar-refractivity contribution in [3.8, 4) is 0 Å². The topological polar surface area (TPSA) is 235 Å². The van der Waals surface area contributed by atoms with Crippen molar-refractivity contribution in [2.24, 2.45) is 11.7 Å². The van der Waals surface area contributed by atoms with E-state index in [9.17, 15) is 28.8 Å². The molecule has 0 saturated carbocycles. The summed E-state index contributed by atoms with van der Waals surface area (Å²) in [6, 6.07) is 6.61. The third-order valence-corrected chi connectivity index (χ3v) is 9.35. The summed E-state index contributed by atoms with van der Waals surface area (Å²) in [5, 5.41) is 10.8. The number of ketones is 1. The van der Waals surface area contributed by atoms with Crippen LogP contribution in [-0.4, -0.2) is 162 Å². The summed E-state index contributed by atoms with van der Waals surface area (Å²) < 4.78 is 32.3. The van der Waals surface area contributed by atoms with Gasteiger partial charge in [0.05, 0.1) is 76.0 Å². The number of halogens is 1. The SMILES string of the molecule is CC(C)C(=O)[C@H]1Cc2ccccc2CN1C(=O)[C@H](N)CCCCNC(=O)COCCOCCNC(=O)COCCOCCNC(=O)COCCOCCNC(=O)CI. The van der Waals surface area contributed by atoms with E-state index in [0.717, 1.165) is 11.1 Å². The maximum Gasteiger partial charge on any atom is 0.246 e. The third-order valence-electron chi connectivity index (χ3n) is 8.65. The van der Waals surface area contributed by atoms with Crippen LogP contribution in [-0.2, 0) is 70.2 Å². The quantitative estimate of drug-likeness (QED) is 0.0346. The van der Waals surface area contributed by atoms with Gasteiger partial charge in [-0.15, -0.1) is 0 Å². The maximum atomic E-state index is 13.3. The number of nitrogens with two attached hydrogens (primary N) is 1. The maximum absolute atomic E-state index is 13.3. The highest BCUT2D eigenvalue weighted by Gasteiger charge is 2.37. The molecule has 2 rings (SSSR count). The van der Waals surface area contributed by atoms with Crippen LogP contribution in [0.15, 0.2) is 24.3 Å². The number of nitrogens with one attached hydrogen (secondary N) is 4. The molecule has 0 radical (unpaired) electrons. The Labute approximate surface area is 355 Å². The van der Waals surface area contributed by atoms with Gasteiger partial charge in [-0.25, -0.2) is 0 Å². The number of carbonyl (C=O) groups is 6. The smallest absolute Gasteiger partial charge is 0.246 e. The van der Waals surface area contributed by atoms with Crippen molar-refractivity contribution in [1.29, 1.82) is 0 Å². The molecule has 0 aliphatic carbocycles. The summed E-state index contributed by atoms with van der Waals surface area (Å²) >= 11 is 1.98. The van der Waals surface area contributed by atoms with E-state index in [-0.39, 0.29) is 114 Å². The predicted octanol–water partition coefficient (Wildman–Crippen LogP) is -0.338. The molecule has 0 unspecified atom stereocenters. The molecular weight excluding hydrogens is 871 g/mol. The number of hydrogen-bond donors (Lipinski definition) is 5. The van der Waals surface area contributed by atoms with Crippen LogP contribution in [0.25, 0.3) is 0 Å². The number of benzene rings is 1. The van der Waals surface area contributed by atoms with Gasteiger partial charge in [0, 0.05) is 45.1 Å². The Balaban J connectivity index is 1.36. The number of alkyl halides is 1. The molecule has 0 aromatic heterocycles. The van der Waals surface area contributed by atoms with E-state index in [1.807, 2.05) is 60.7 Å². The summed E-state index contributed by atoms with van der Waals surface area (Å²) in [4.78, 5) is 74.8. The minimum absolute atomic E-state index is 0.0338. The monoisotopic (exact) mass is 934 g/mol. The minimum atomic E-state index is -0.732. The standard InChI is InChI=1S/C39H63IN6O12/c1-29(2)38(51)33-23-30-7-3-4-8-31(30)25-46(33)39(52)32(41)9-5-6-10-42-35(48)26-56-20-18-54-15-12-44-37(50)28-58-22-19-55-16-13-45-36(49)27-57-21-17-53-14-11-43-34(47)24-40/h3-4,7-8,29,32-33H,5-6,9-28,41H2,1-2H3,(H,42,48)(H,43,47)(H,44,50)(H,45,49)/t32-,33-/m1/s1. The van der Waals surface area contributed by atoms with Crippen molar-refractivity contribution < 1.29 is 57.2 Å². The van der Waals surface area contributed by atoms with E-state index in [0.29, 0.717) is 69.5 Å². The zero-order valence-electron chi connectivity index (χ0n) is 33.9. The summed E-state index contributed by atoms with van der Waals surface area (Å²) in [5.41, 5.74) is 8.41. The Morgan fingerprint density at radius 1 is 0.655 bits per heavy atom. The Morgan fingerprint density at radius 2 is 1.10 bits per heavy atom. The molecule has 1 aromatic carbocycles. The normalized spacial score (nSPS) is 14.1. The van der Waals surface area contributed by atoms with Gasteiger partial charge in [0.2, 0.25) is 29.5 Å². The van der Waals surface area contributed by atoms with Crippen LogP contribution < -0.4 is 27.0 Å². The first-order chi connectivity index (χ1) is 28.0. The van der Waals surface area contributed by atoms with Gasteiger partial charge < -0.3 is 60.3 Å². The van der Waals surface area contributed by atoms with Crippen LogP contribution in [0.5, 0.6) is 0 Å². The lowest BCUT2D eigenvalue weighted by Gasteiger charge is -2.38. The minimum Gasteiger partial charge on any atom is -0.377 e. The van der Waals surface area contributed by atoms with Gasteiger partial charge in [0.15, 0.2) is 5.78 Å². The van der Waals surface area contributed by atoms with E-state index in [1.54, 1.807) is 4.90 Å². The molecule has 2 atom stereocenters. The second-order valence-corrected chi connectivity index (χ2v) is 14.4. The summed E-state index contributed by atoms with van der Waals surface area (Å²) in [6.45, 7) is 7.55. The highest BCUT2D eigenvalue weighted by atomic mass is 127. The Hall–Kier alpha value is -3.31. The van der Waals surface area contributed by atoms with E-state index in [1.165, 1.54) is 0 Å². The lowest BCUT2D eigenvalue weighted by Crippen LogP contribution is -2.54. The lowest BCUT2D eigenvalue weighted by molar-refractivity contribution is -0.143. The number of Topliss-reactive ketones (excluding diaryl/α,β-unsaturated/α-hetero) is 1. The van der Waals surface area contributed by atoms with Gasteiger partial charge >= 0.3 is 0 Å². The number of fused-ring (bicyclic) bond motifs is 1. The number of nitrogens with zero attached hydrogens (tertiary/aromatic N) is 1. The molecule has 1 aromatic rings. The summed E-state index contributed by atoms with van der Waals surface area (Å²) in [7, 11) is 0. The number of ether oxygens (including phenoxy) is 6. The first-order valence-corrected chi connectivity index (χ1v) is 21.3. The van der Waals surface area contributed by atoms with Crippen molar-refractivity contribution in [3.63, 3.8) is 0 Å². The number of unbranched alkanes of at least 4 members (excludes halogenated alkanes) is 1. The number of rotatable bonds is 33. The highest BCUT2D eigenvalue weighted by molar-refractivity contribution is 14.1. The Kier molecular flexibility index (Phi) is 27.7. The van der Waals surface area contributed by atoms with Crippen LogP contribution in [0.3, 0.4) is 0 Å². The van der Waals surface area contributed by atoms with Gasteiger partial charge in [-0.3, -0.25) is 28.8 Å². The first-order valence-electron chi connectivity index (χ1n) is 19.8. The molecule has 18 nitrogen and oxygen atoms in total. The largest absolute Gasteiger partial charge is 0.377 e. The fourth-order valence-electron chi connectivity index (χ4n) is 5.59. The molecule has 0 fully saturated rings. The van der Waals surface area contributed by atoms with E-state index < -0.39 is 12.1 Å². The Bertz CT molecular complexity index is 1390. The van der Waals surface area contributed by atoms with Gasteiger partial charge in [-0.05, 0) is 30.4 Å². The molecule has 0 bridgehead atoms. The average Bonchev–Trinajstić information content (AvgIpc) is 3.22.